The van der Waals surface area contributed by atoms with E-state index < -0.39 is 10.0 Å². The van der Waals surface area contributed by atoms with Crippen molar-refractivity contribution in [2.75, 3.05) is 13.2 Å². The van der Waals surface area contributed by atoms with Gasteiger partial charge in [0.05, 0.1) is 18.5 Å². The predicted octanol–water partition coefficient (Wildman–Crippen LogP) is 1.08. The second-order valence-electron chi connectivity index (χ2n) is 5.34. The molecule has 0 saturated carbocycles. The lowest BCUT2D eigenvalue weighted by atomic mass is 10.1. The van der Waals surface area contributed by atoms with E-state index in [1.807, 2.05) is 38.1 Å². The van der Waals surface area contributed by atoms with Crippen molar-refractivity contribution >= 4 is 10.0 Å². The maximum absolute atomic E-state index is 12.5. The summed E-state index contributed by atoms with van der Waals surface area (Å²) in [5, 5.41) is 0. The molecule has 2 rings (SSSR count). The van der Waals surface area contributed by atoms with Gasteiger partial charge in [-0.1, -0.05) is 24.3 Å². The van der Waals surface area contributed by atoms with Crippen LogP contribution in [0.5, 0.6) is 0 Å². The second kappa shape index (κ2) is 6.22. The van der Waals surface area contributed by atoms with Gasteiger partial charge in [-0.15, -0.1) is 0 Å². The van der Waals surface area contributed by atoms with Crippen LogP contribution in [0.2, 0.25) is 0 Å². The van der Waals surface area contributed by atoms with Crippen LogP contribution in [0, 0.1) is 0 Å². The van der Waals surface area contributed by atoms with Crippen LogP contribution in [-0.2, 0) is 27.1 Å². The minimum Gasteiger partial charge on any atom is -0.375 e. The van der Waals surface area contributed by atoms with E-state index in [9.17, 15) is 8.42 Å². The highest BCUT2D eigenvalue weighted by atomic mass is 32.2. The molecule has 1 saturated heterocycles. The molecule has 2 atom stereocenters. The Morgan fingerprint density at radius 2 is 1.85 bits per heavy atom. The zero-order valence-corrected chi connectivity index (χ0v) is 12.8. The molecule has 0 amide bonds. The number of sulfonamides is 1. The van der Waals surface area contributed by atoms with Gasteiger partial charge in [0.1, 0.15) is 0 Å². The van der Waals surface area contributed by atoms with Gasteiger partial charge in [0.25, 0.3) is 0 Å². The van der Waals surface area contributed by atoms with Crippen molar-refractivity contribution in [3.63, 3.8) is 0 Å². The summed E-state index contributed by atoms with van der Waals surface area (Å²) in [6.45, 7) is 5.10. The average molecular weight is 298 g/mol. The first-order chi connectivity index (χ1) is 9.42. The van der Waals surface area contributed by atoms with Gasteiger partial charge in [-0.2, -0.15) is 4.31 Å². The van der Waals surface area contributed by atoms with Crippen LogP contribution in [0.15, 0.2) is 24.3 Å². The molecule has 1 heterocycles. The summed E-state index contributed by atoms with van der Waals surface area (Å²) in [6, 6.07) is 7.29. The molecular weight excluding hydrogens is 276 g/mol. The number of hydrogen-bond donors (Lipinski definition) is 1. The van der Waals surface area contributed by atoms with Gasteiger partial charge in [0.2, 0.25) is 10.0 Å². The minimum absolute atomic E-state index is 0.0227. The molecule has 1 aliphatic heterocycles. The van der Waals surface area contributed by atoms with Crippen molar-refractivity contribution in [1.82, 2.24) is 4.31 Å². The van der Waals surface area contributed by atoms with Gasteiger partial charge in [0.15, 0.2) is 0 Å². The summed E-state index contributed by atoms with van der Waals surface area (Å²) in [6.07, 6.45) is -0.0550. The SMILES string of the molecule is CC1CN(S(=O)(=O)Cc2ccc(CN)cc2)C(C)CO1. The standard InChI is InChI=1S/C14H22N2O3S/c1-11-9-19-12(2)8-16(11)20(17,18)10-14-5-3-13(7-15)4-6-14/h3-6,11-12H,7-10,15H2,1-2H3. The van der Waals surface area contributed by atoms with Gasteiger partial charge < -0.3 is 10.5 Å². The van der Waals surface area contributed by atoms with Gasteiger partial charge >= 0.3 is 0 Å². The Bertz CT molecular complexity index is 542. The topological polar surface area (TPSA) is 72.6 Å². The van der Waals surface area contributed by atoms with Crippen molar-refractivity contribution < 1.29 is 13.2 Å². The number of morpholine rings is 1. The molecule has 1 aromatic rings. The summed E-state index contributed by atoms with van der Waals surface area (Å²) < 4.78 is 32.1. The number of nitrogens with zero attached hydrogens (tertiary/aromatic N) is 1. The van der Waals surface area contributed by atoms with Crippen LogP contribution in [-0.4, -0.2) is 38.0 Å². The molecule has 1 aromatic carbocycles. The summed E-state index contributed by atoms with van der Waals surface area (Å²) >= 11 is 0. The Hall–Kier alpha value is -0.950. The molecule has 0 spiro atoms. The van der Waals surface area contributed by atoms with Crippen LogP contribution in [0.3, 0.4) is 0 Å². The molecular formula is C14H22N2O3S. The third-order valence-corrected chi connectivity index (χ3v) is 5.44. The zero-order valence-electron chi connectivity index (χ0n) is 12.0. The fourth-order valence-electron chi connectivity index (χ4n) is 2.33. The van der Waals surface area contributed by atoms with E-state index in [-0.39, 0.29) is 17.9 Å². The molecule has 6 heteroatoms. The Kier molecular flexibility index (Phi) is 4.80. The van der Waals surface area contributed by atoms with Crippen molar-refractivity contribution in [2.45, 2.75) is 38.3 Å². The summed E-state index contributed by atoms with van der Waals surface area (Å²) in [4.78, 5) is 0. The van der Waals surface area contributed by atoms with Crippen LogP contribution < -0.4 is 5.73 Å². The van der Waals surface area contributed by atoms with E-state index in [1.165, 1.54) is 0 Å². The summed E-state index contributed by atoms with van der Waals surface area (Å²) in [5.41, 5.74) is 7.32. The third kappa shape index (κ3) is 3.58. The second-order valence-corrected chi connectivity index (χ2v) is 7.26. The Morgan fingerprint density at radius 3 is 2.45 bits per heavy atom. The number of ether oxygens (including phenoxy) is 1. The normalized spacial score (nSPS) is 24.8. The van der Waals surface area contributed by atoms with Gasteiger partial charge in [-0.25, -0.2) is 8.42 Å². The lowest BCUT2D eigenvalue weighted by Gasteiger charge is -2.35. The van der Waals surface area contributed by atoms with Gasteiger partial charge in [-0.05, 0) is 25.0 Å². The first kappa shape index (κ1) is 15.4. The molecule has 2 N–H and O–H groups in total. The Labute approximate surface area is 120 Å². The van der Waals surface area contributed by atoms with Crippen molar-refractivity contribution in [3.05, 3.63) is 35.4 Å². The van der Waals surface area contributed by atoms with Crippen molar-refractivity contribution in [3.8, 4) is 0 Å². The first-order valence-corrected chi connectivity index (χ1v) is 8.42. The van der Waals surface area contributed by atoms with Gasteiger partial charge in [-0.3, -0.25) is 0 Å². The van der Waals surface area contributed by atoms with E-state index in [4.69, 9.17) is 10.5 Å². The number of benzene rings is 1. The lowest BCUT2D eigenvalue weighted by Crippen LogP contribution is -2.50. The predicted molar refractivity (Wildman–Crippen MR) is 78.5 cm³/mol. The van der Waals surface area contributed by atoms with Crippen LogP contribution in [0.25, 0.3) is 0 Å². The van der Waals surface area contributed by atoms with E-state index in [0.29, 0.717) is 19.7 Å². The number of hydrogen-bond acceptors (Lipinski definition) is 4. The van der Waals surface area contributed by atoms with Crippen LogP contribution in [0.4, 0.5) is 0 Å². The van der Waals surface area contributed by atoms with E-state index in [0.717, 1.165) is 11.1 Å². The van der Waals surface area contributed by atoms with Gasteiger partial charge in [0, 0.05) is 19.1 Å². The quantitative estimate of drug-likeness (QED) is 0.903. The molecule has 0 aromatic heterocycles. The van der Waals surface area contributed by atoms with Crippen LogP contribution >= 0.6 is 0 Å². The largest absolute Gasteiger partial charge is 0.375 e. The highest BCUT2D eigenvalue weighted by Gasteiger charge is 2.32. The maximum atomic E-state index is 12.5. The van der Waals surface area contributed by atoms with Crippen molar-refractivity contribution in [2.24, 2.45) is 5.73 Å². The zero-order chi connectivity index (χ0) is 14.8. The molecule has 112 valence electrons. The molecule has 0 aliphatic carbocycles. The summed E-state index contributed by atoms with van der Waals surface area (Å²) in [5.74, 6) is 0.0227. The van der Waals surface area contributed by atoms with E-state index in [1.54, 1.807) is 4.31 Å². The molecule has 2 unspecified atom stereocenters. The number of nitrogens with two attached hydrogens (primary N) is 1. The summed E-state index contributed by atoms with van der Waals surface area (Å²) in [7, 11) is -3.32. The van der Waals surface area contributed by atoms with Crippen LogP contribution in [0.1, 0.15) is 25.0 Å². The molecule has 0 radical (unpaired) electrons. The third-order valence-electron chi connectivity index (χ3n) is 3.52. The van der Waals surface area contributed by atoms with E-state index in [2.05, 4.69) is 0 Å². The highest BCUT2D eigenvalue weighted by Crippen LogP contribution is 2.19. The average Bonchev–Trinajstić information content (AvgIpc) is 2.42. The molecule has 0 bridgehead atoms. The maximum Gasteiger partial charge on any atom is 0.218 e. The lowest BCUT2D eigenvalue weighted by molar-refractivity contribution is -0.0171. The Balaban J connectivity index is 2.13. The minimum atomic E-state index is -3.32. The fourth-order valence-corrected chi connectivity index (χ4v) is 4.15. The Morgan fingerprint density at radius 1 is 1.25 bits per heavy atom. The van der Waals surface area contributed by atoms with E-state index >= 15 is 0 Å². The smallest absolute Gasteiger partial charge is 0.218 e. The highest BCUT2D eigenvalue weighted by molar-refractivity contribution is 7.88. The monoisotopic (exact) mass is 298 g/mol. The molecule has 20 heavy (non-hydrogen) atoms. The van der Waals surface area contributed by atoms with Crippen molar-refractivity contribution in [1.29, 1.82) is 0 Å². The first-order valence-electron chi connectivity index (χ1n) is 6.81. The molecule has 1 aliphatic rings. The molecule has 1 fully saturated rings. The fraction of sp³-hybridized carbons (Fsp3) is 0.571. The molecule has 5 nitrogen and oxygen atoms in total. The number of rotatable bonds is 4.